The van der Waals surface area contributed by atoms with Gasteiger partial charge in [-0.15, -0.1) is 0 Å². The second-order valence-electron chi connectivity index (χ2n) is 11.9. The van der Waals surface area contributed by atoms with E-state index in [1.807, 2.05) is 97.1 Å². The van der Waals surface area contributed by atoms with Crippen LogP contribution in [0.1, 0.15) is 41.4 Å². The lowest BCUT2D eigenvalue weighted by molar-refractivity contribution is 0.0877. The van der Waals surface area contributed by atoms with Crippen molar-refractivity contribution in [1.82, 2.24) is 0 Å². The molecule has 4 amide bonds. The number of imide groups is 2. The van der Waals surface area contributed by atoms with E-state index >= 15 is 0 Å². The van der Waals surface area contributed by atoms with Gasteiger partial charge in [0.1, 0.15) is 0 Å². The molecular formula is C42H24N2O4. The van der Waals surface area contributed by atoms with E-state index in [0.717, 1.165) is 33.0 Å². The standard InChI is InChI=1S/C42H24N2O4/c45-39-33-15-7-13-31-29(21-23-35(37(31)33)41(47)43(39)27-9-3-1-4-10-27)25-17-19-26(20-18-25)30-22-24-36-38-32(30)14-8-16-34(38)40(46)44(42(36)48)28-11-5-2-6-12-28/h1-24H. The summed E-state index contributed by atoms with van der Waals surface area (Å²) in [6, 6.07) is 44.7. The van der Waals surface area contributed by atoms with Crippen molar-refractivity contribution in [1.29, 1.82) is 0 Å². The third-order valence-electron chi connectivity index (χ3n) is 9.35. The van der Waals surface area contributed by atoms with Crippen LogP contribution in [0.3, 0.4) is 0 Å². The van der Waals surface area contributed by atoms with Crippen molar-refractivity contribution >= 4 is 56.5 Å². The Labute approximate surface area is 275 Å². The zero-order valence-corrected chi connectivity index (χ0v) is 25.4. The Hall–Kier alpha value is -6.66. The van der Waals surface area contributed by atoms with Gasteiger partial charge in [0.2, 0.25) is 0 Å². The quantitative estimate of drug-likeness (QED) is 0.184. The largest absolute Gasteiger partial charge is 0.268 e. The molecule has 0 N–H and O–H groups in total. The summed E-state index contributed by atoms with van der Waals surface area (Å²) >= 11 is 0. The lowest BCUT2D eigenvalue weighted by Crippen LogP contribution is -2.40. The minimum Gasteiger partial charge on any atom is -0.268 e. The van der Waals surface area contributed by atoms with Crippen molar-refractivity contribution in [3.05, 3.63) is 168 Å². The first-order valence-electron chi connectivity index (χ1n) is 15.6. The summed E-state index contributed by atoms with van der Waals surface area (Å²) in [6.07, 6.45) is 0. The Morgan fingerprint density at radius 1 is 0.292 bits per heavy atom. The molecule has 48 heavy (non-hydrogen) atoms. The van der Waals surface area contributed by atoms with Crippen molar-refractivity contribution in [2.75, 3.05) is 9.80 Å². The summed E-state index contributed by atoms with van der Waals surface area (Å²) in [5, 5.41) is 2.97. The van der Waals surface area contributed by atoms with E-state index in [0.29, 0.717) is 44.4 Å². The second kappa shape index (κ2) is 10.4. The van der Waals surface area contributed by atoms with Crippen LogP contribution in [0.5, 0.6) is 0 Å². The Balaban J connectivity index is 1.11. The fourth-order valence-corrected chi connectivity index (χ4v) is 7.15. The summed E-state index contributed by atoms with van der Waals surface area (Å²) in [5.74, 6) is -1.38. The van der Waals surface area contributed by atoms with Gasteiger partial charge in [-0.1, -0.05) is 97.1 Å². The van der Waals surface area contributed by atoms with Crippen molar-refractivity contribution < 1.29 is 19.2 Å². The van der Waals surface area contributed by atoms with Crippen LogP contribution in [0, 0.1) is 0 Å². The number of benzene rings is 7. The number of anilines is 2. The highest BCUT2D eigenvalue weighted by molar-refractivity contribution is 6.37. The maximum atomic E-state index is 13.6. The highest BCUT2D eigenvalue weighted by Gasteiger charge is 2.36. The van der Waals surface area contributed by atoms with Crippen LogP contribution in [0.4, 0.5) is 11.4 Å². The highest BCUT2D eigenvalue weighted by atomic mass is 16.2. The van der Waals surface area contributed by atoms with E-state index in [-0.39, 0.29) is 23.6 Å². The van der Waals surface area contributed by atoms with Crippen molar-refractivity contribution in [3.8, 4) is 22.3 Å². The minimum absolute atomic E-state index is 0.344. The molecule has 0 aliphatic carbocycles. The SMILES string of the molecule is O=C1c2cccc3c(-c4ccc(-c5ccc6c7c(cccc57)C(=O)N(c5ccccc5)C6=O)cc4)ccc(c23)C(=O)N1c1ccccc1. The zero-order valence-electron chi connectivity index (χ0n) is 25.4. The zero-order chi connectivity index (χ0) is 32.5. The van der Waals surface area contributed by atoms with Crippen LogP contribution in [0.25, 0.3) is 43.8 Å². The number of carbonyl (C=O) groups excluding carboxylic acids is 4. The van der Waals surface area contributed by atoms with E-state index in [4.69, 9.17) is 0 Å². The van der Waals surface area contributed by atoms with Crippen LogP contribution in [0.2, 0.25) is 0 Å². The molecule has 0 spiro atoms. The number of carbonyl (C=O) groups is 4. The average molecular weight is 621 g/mol. The van der Waals surface area contributed by atoms with Gasteiger partial charge in [0.15, 0.2) is 0 Å². The molecule has 0 saturated carbocycles. The molecule has 6 nitrogen and oxygen atoms in total. The van der Waals surface area contributed by atoms with Gasteiger partial charge in [-0.05, 0) is 81.6 Å². The lowest BCUT2D eigenvalue weighted by atomic mass is 9.87. The van der Waals surface area contributed by atoms with Crippen molar-refractivity contribution in [2.24, 2.45) is 0 Å². The molecule has 0 fully saturated rings. The molecule has 0 bridgehead atoms. The molecule has 0 unspecified atom stereocenters. The second-order valence-corrected chi connectivity index (χ2v) is 11.9. The molecule has 0 saturated heterocycles. The van der Waals surface area contributed by atoms with Gasteiger partial charge >= 0.3 is 0 Å². The van der Waals surface area contributed by atoms with Crippen LogP contribution in [0.15, 0.2) is 146 Å². The average Bonchev–Trinajstić information content (AvgIpc) is 3.13. The van der Waals surface area contributed by atoms with Crippen LogP contribution >= 0.6 is 0 Å². The van der Waals surface area contributed by atoms with E-state index in [9.17, 15) is 19.2 Å². The predicted octanol–water partition coefficient (Wildman–Crippen LogP) is 8.93. The number of rotatable bonds is 4. The third-order valence-corrected chi connectivity index (χ3v) is 9.35. The fraction of sp³-hybridized carbons (Fsp3) is 0. The van der Waals surface area contributed by atoms with Gasteiger partial charge in [0, 0.05) is 33.0 Å². The molecule has 2 aliphatic heterocycles. The summed E-state index contributed by atoms with van der Waals surface area (Å²) in [4.78, 5) is 57.0. The Kier molecular flexibility index (Phi) is 6.01. The van der Waals surface area contributed by atoms with Gasteiger partial charge in [-0.25, -0.2) is 9.80 Å². The topological polar surface area (TPSA) is 74.8 Å². The molecule has 0 atom stereocenters. The first-order valence-corrected chi connectivity index (χ1v) is 15.6. The predicted molar refractivity (Wildman–Crippen MR) is 187 cm³/mol. The first-order chi connectivity index (χ1) is 23.5. The smallest absolute Gasteiger partial charge is 0.265 e. The monoisotopic (exact) mass is 620 g/mol. The van der Waals surface area contributed by atoms with Crippen LogP contribution in [-0.4, -0.2) is 23.6 Å². The molecule has 9 rings (SSSR count). The van der Waals surface area contributed by atoms with Gasteiger partial charge in [-0.3, -0.25) is 19.2 Å². The first kappa shape index (κ1) is 27.6. The minimum atomic E-state index is -0.344. The van der Waals surface area contributed by atoms with E-state index < -0.39 is 0 Å². The Morgan fingerprint density at radius 2 is 0.625 bits per heavy atom. The highest BCUT2D eigenvalue weighted by Crippen LogP contribution is 2.41. The molecule has 7 aromatic rings. The molecule has 2 heterocycles. The molecule has 7 aromatic carbocycles. The Bertz CT molecular complexity index is 2300. The number of hydrogen-bond donors (Lipinski definition) is 0. The number of para-hydroxylation sites is 2. The number of hydrogen-bond acceptors (Lipinski definition) is 4. The number of amides is 4. The van der Waals surface area contributed by atoms with E-state index in [1.165, 1.54) is 9.80 Å². The molecular weight excluding hydrogens is 596 g/mol. The summed E-state index contributed by atoms with van der Waals surface area (Å²) in [5.41, 5.74) is 6.71. The van der Waals surface area contributed by atoms with Crippen molar-refractivity contribution in [2.45, 2.75) is 0 Å². The summed E-state index contributed by atoms with van der Waals surface area (Å²) in [7, 11) is 0. The van der Waals surface area contributed by atoms with Crippen LogP contribution < -0.4 is 9.80 Å². The molecule has 6 heteroatoms. The maximum absolute atomic E-state index is 13.6. The van der Waals surface area contributed by atoms with Crippen molar-refractivity contribution in [3.63, 3.8) is 0 Å². The third kappa shape index (κ3) is 3.93. The molecule has 0 aromatic heterocycles. The normalized spacial score (nSPS) is 13.9. The maximum Gasteiger partial charge on any atom is 0.265 e. The van der Waals surface area contributed by atoms with E-state index in [1.54, 1.807) is 48.5 Å². The Morgan fingerprint density at radius 3 is 1.00 bits per heavy atom. The molecule has 226 valence electrons. The van der Waals surface area contributed by atoms with Gasteiger partial charge in [-0.2, -0.15) is 0 Å². The summed E-state index contributed by atoms with van der Waals surface area (Å²) in [6.45, 7) is 0. The molecule has 0 radical (unpaired) electrons. The van der Waals surface area contributed by atoms with Crippen LogP contribution in [-0.2, 0) is 0 Å². The van der Waals surface area contributed by atoms with Gasteiger partial charge in [0.25, 0.3) is 23.6 Å². The lowest BCUT2D eigenvalue weighted by Gasteiger charge is -2.28. The van der Waals surface area contributed by atoms with Gasteiger partial charge in [0.05, 0.1) is 11.4 Å². The number of nitrogens with zero attached hydrogens (tertiary/aromatic N) is 2. The summed E-state index contributed by atoms with van der Waals surface area (Å²) < 4.78 is 0. The van der Waals surface area contributed by atoms with E-state index in [2.05, 4.69) is 0 Å². The fourth-order valence-electron chi connectivity index (χ4n) is 7.15. The van der Waals surface area contributed by atoms with Gasteiger partial charge < -0.3 is 0 Å². The molecule has 2 aliphatic rings.